The molecule has 0 bridgehead atoms. The number of rotatable bonds is 5. The van der Waals surface area contributed by atoms with Crippen LogP contribution in [0.15, 0.2) is 77.7 Å². The molecular formula is C22H17NO3S. The van der Waals surface area contributed by atoms with Gasteiger partial charge in [-0.05, 0) is 29.2 Å². The molecule has 0 N–H and O–H groups in total. The fourth-order valence-corrected chi connectivity index (χ4v) is 3.74. The number of nitrogens with zero attached hydrogens (tertiary/aromatic N) is 1. The zero-order valence-electron chi connectivity index (χ0n) is 14.7. The molecule has 3 aromatic carbocycles. The summed E-state index contributed by atoms with van der Waals surface area (Å²) < 4.78 is 11.6. The normalized spacial score (nSPS) is 12.2. The molecule has 0 spiro atoms. The fourth-order valence-electron chi connectivity index (χ4n) is 3.09. The van der Waals surface area contributed by atoms with Crippen molar-refractivity contribution in [1.29, 1.82) is 0 Å². The third-order valence-corrected chi connectivity index (χ3v) is 5.11. The Kier molecular flexibility index (Phi) is 4.69. The van der Waals surface area contributed by atoms with Crippen LogP contribution in [0, 0.1) is 0 Å². The number of para-hydroxylation sites is 2. The molecule has 0 aliphatic carbocycles. The monoisotopic (exact) mass is 375 g/mol. The first-order valence-electron chi connectivity index (χ1n) is 8.44. The Hall–Kier alpha value is -3.05. The number of carbonyl (C=O) groups excluding carboxylic acids is 1. The molecule has 0 fully saturated rings. The minimum absolute atomic E-state index is 0.467. The van der Waals surface area contributed by atoms with E-state index in [1.54, 1.807) is 0 Å². The Morgan fingerprint density at radius 3 is 2.70 bits per heavy atom. The maximum absolute atomic E-state index is 11.8. The third-order valence-electron chi connectivity index (χ3n) is 4.33. The smallest absolute Gasteiger partial charge is 0.331 e. The van der Waals surface area contributed by atoms with E-state index in [2.05, 4.69) is 11.6 Å². The lowest BCUT2D eigenvalue weighted by atomic mass is 9.99. The van der Waals surface area contributed by atoms with Crippen molar-refractivity contribution in [3.05, 3.63) is 78.9 Å². The van der Waals surface area contributed by atoms with Crippen LogP contribution in [0.5, 0.6) is 0 Å². The number of benzene rings is 3. The second kappa shape index (κ2) is 7.29. The topological polar surface area (TPSA) is 52.3 Å². The number of esters is 1. The number of ether oxygens (including phenoxy) is 1. The van der Waals surface area contributed by atoms with Crippen molar-refractivity contribution >= 4 is 39.6 Å². The highest BCUT2D eigenvalue weighted by atomic mass is 32.2. The molecule has 0 aliphatic rings. The van der Waals surface area contributed by atoms with Crippen molar-refractivity contribution in [2.45, 2.75) is 5.44 Å². The number of thioether (sulfide) groups is 1. The maximum atomic E-state index is 11.8. The van der Waals surface area contributed by atoms with Gasteiger partial charge in [0.1, 0.15) is 5.52 Å². The van der Waals surface area contributed by atoms with Crippen LogP contribution < -0.4 is 0 Å². The summed E-state index contributed by atoms with van der Waals surface area (Å²) in [5.41, 5.74) is 2.68. The largest absolute Gasteiger partial charge is 0.443 e. The summed E-state index contributed by atoms with van der Waals surface area (Å²) in [5, 5.41) is 2.06. The van der Waals surface area contributed by atoms with Gasteiger partial charge in [0.25, 0.3) is 0 Å². The van der Waals surface area contributed by atoms with Gasteiger partial charge in [0.2, 0.25) is 5.89 Å². The number of hydrogen-bond donors (Lipinski definition) is 0. The molecular weight excluding hydrogens is 358 g/mol. The molecule has 0 radical (unpaired) electrons. The summed E-state index contributed by atoms with van der Waals surface area (Å²) in [7, 11) is 0. The van der Waals surface area contributed by atoms with E-state index in [0.717, 1.165) is 33.0 Å². The zero-order chi connectivity index (χ0) is 18.8. The minimum Gasteiger partial charge on any atom is -0.443 e. The maximum Gasteiger partial charge on any atom is 0.331 e. The van der Waals surface area contributed by atoms with Crippen molar-refractivity contribution < 1.29 is 13.9 Å². The van der Waals surface area contributed by atoms with E-state index in [0.29, 0.717) is 5.89 Å². The molecule has 1 heterocycles. The van der Waals surface area contributed by atoms with Gasteiger partial charge in [-0.3, -0.25) is 0 Å². The summed E-state index contributed by atoms with van der Waals surface area (Å²) >= 11 is 1.43. The molecule has 0 saturated heterocycles. The molecule has 1 atom stereocenters. The van der Waals surface area contributed by atoms with Crippen LogP contribution in [0.2, 0.25) is 0 Å². The number of hydrogen-bond acceptors (Lipinski definition) is 5. The van der Waals surface area contributed by atoms with Crippen molar-refractivity contribution in [3.8, 4) is 11.5 Å². The number of carbonyl (C=O) groups is 1. The summed E-state index contributed by atoms with van der Waals surface area (Å²) in [6.07, 6.45) is 3.06. The Morgan fingerprint density at radius 1 is 1.15 bits per heavy atom. The van der Waals surface area contributed by atoms with Crippen LogP contribution in [0.3, 0.4) is 0 Å². The molecule has 0 saturated carbocycles. The lowest BCUT2D eigenvalue weighted by molar-refractivity contribution is -0.139. The molecule has 4 nitrogen and oxygen atoms in total. The van der Waals surface area contributed by atoms with E-state index in [1.165, 1.54) is 17.8 Å². The summed E-state index contributed by atoms with van der Waals surface area (Å²) in [4.78, 5) is 16.5. The molecule has 4 rings (SSSR count). The molecule has 27 heavy (non-hydrogen) atoms. The van der Waals surface area contributed by atoms with Crippen molar-refractivity contribution in [2.75, 3.05) is 6.26 Å². The highest BCUT2D eigenvalue weighted by Gasteiger charge is 2.23. The quantitative estimate of drug-likeness (QED) is 0.253. The van der Waals surface area contributed by atoms with E-state index in [-0.39, 0.29) is 0 Å². The van der Waals surface area contributed by atoms with E-state index in [4.69, 9.17) is 9.15 Å². The van der Waals surface area contributed by atoms with Gasteiger partial charge in [-0.15, -0.1) is 11.8 Å². The molecule has 0 aliphatic heterocycles. The molecule has 1 aromatic heterocycles. The van der Waals surface area contributed by atoms with Gasteiger partial charge >= 0.3 is 5.97 Å². The van der Waals surface area contributed by atoms with Crippen molar-refractivity contribution in [3.63, 3.8) is 0 Å². The molecule has 5 heteroatoms. The van der Waals surface area contributed by atoms with Crippen LogP contribution in [-0.4, -0.2) is 17.2 Å². The van der Waals surface area contributed by atoms with Gasteiger partial charge in [-0.25, -0.2) is 9.78 Å². The Bertz CT molecular complexity index is 1120. The van der Waals surface area contributed by atoms with Gasteiger partial charge in [-0.1, -0.05) is 55.1 Å². The molecule has 4 aromatic rings. The van der Waals surface area contributed by atoms with Gasteiger partial charge < -0.3 is 9.15 Å². The molecule has 1 unspecified atom stereocenters. The van der Waals surface area contributed by atoms with E-state index in [1.807, 2.05) is 66.9 Å². The minimum atomic E-state index is -0.495. The first-order chi connectivity index (χ1) is 13.2. The predicted molar refractivity (Wildman–Crippen MR) is 109 cm³/mol. The van der Waals surface area contributed by atoms with Crippen LogP contribution >= 0.6 is 11.8 Å². The summed E-state index contributed by atoms with van der Waals surface area (Å²) in [6.45, 7) is 3.49. The highest BCUT2D eigenvalue weighted by molar-refractivity contribution is 7.98. The average molecular weight is 375 g/mol. The van der Waals surface area contributed by atoms with Gasteiger partial charge in [0, 0.05) is 11.6 Å². The first kappa shape index (κ1) is 17.4. The number of aromatic nitrogens is 1. The van der Waals surface area contributed by atoms with E-state index in [9.17, 15) is 4.79 Å². The van der Waals surface area contributed by atoms with Gasteiger partial charge in [0.15, 0.2) is 11.0 Å². The van der Waals surface area contributed by atoms with Gasteiger partial charge in [0.05, 0.1) is 5.56 Å². The lowest BCUT2D eigenvalue weighted by Crippen LogP contribution is -2.07. The zero-order valence-corrected chi connectivity index (χ0v) is 15.5. The molecule has 134 valence electrons. The number of oxazole rings is 1. The first-order valence-corrected chi connectivity index (χ1v) is 9.73. The van der Waals surface area contributed by atoms with Crippen molar-refractivity contribution in [2.24, 2.45) is 0 Å². The van der Waals surface area contributed by atoms with Crippen LogP contribution in [0.25, 0.3) is 33.3 Å². The predicted octanol–water partition coefficient (Wildman–Crippen LogP) is 5.74. The van der Waals surface area contributed by atoms with Gasteiger partial charge in [-0.2, -0.15) is 0 Å². The van der Waals surface area contributed by atoms with E-state index >= 15 is 0 Å². The van der Waals surface area contributed by atoms with Crippen LogP contribution in [0.4, 0.5) is 0 Å². The second-order valence-electron chi connectivity index (χ2n) is 5.95. The van der Waals surface area contributed by atoms with Crippen LogP contribution in [-0.2, 0) is 9.53 Å². The Labute approximate surface area is 160 Å². The van der Waals surface area contributed by atoms with E-state index < -0.39 is 11.4 Å². The molecule has 0 amide bonds. The number of fused-ring (bicyclic) bond motifs is 2. The van der Waals surface area contributed by atoms with Crippen LogP contribution in [0.1, 0.15) is 11.0 Å². The average Bonchev–Trinajstić information content (AvgIpc) is 3.14. The van der Waals surface area contributed by atoms with Crippen molar-refractivity contribution in [1.82, 2.24) is 4.98 Å². The summed E-state index contributed by atoms with van der Waals surface area (Å²) in [5.74, 6) is 0.0442. The summed E-state index contributed by atoms with van der Waals surface area (Å²) in [6, 6.07) is 19.6. The standard InChI is InChI=1S/C22H17NO3S/c1-3-19(24)26-22(27-2)16-13-12-14-8-4-5-9-15(14)20(16)21-23-17-10-6-7-11-18(17)25-21/h3-13,22H,1H2,2H3. The third kappa shape index (κ3) is 3.22. The Balaban J connectivity index is 1.97. The lowest BCUT2D eigenvalue weighted by Gasteiger charge is -2.19. The second-order valence-corrected chi connectivity index (χ2v) is 6.85. The fraction of sp³-hybridized carbons (Fsp3) is 0.0909. The SMILES string of the molecule is C=CC(=O)OC(SC)c1ccc2ccccc2c1-c1nc2ccccc2o1. The Morgan fingerprint density at radius 2 is 1.93 bits per heavy atom. The highest BCUT2D eigenvalue weighted by Crippen LogP contribution is 2.40.